The molecule has 1 atom stereocenters. The van der Waals surface area contributed by atoms with Gasteiger partial charge in [0, 0.05) is 12.1 Å². The second-order valence-electron chi connectivity index (χ2n) is 3.38. The molecule has 1 rings (SSSR count). The Balaban J connectivity index is 2.83. The first-order valence-electron chi connectivity index (χ1n) is 5.09. The number of nitrogens with one attached hydrogen (secondary N) is 1. The van der Waals surface area contributed by atoms with E-state index < -0.39 is 0 Å². The van der Waals surface area contributed by atoms with Crippen LogP contribution in [0.4, 0.5) is 0 Å². The number of ether oxygens (including phenoxy) is 1. The van der Waals surface area contributed by atoms with Crippen molar-refractivity contribution in [2.45, 2.75) is 25.8 Å². The molecule has 15 heavy (non-hydrogen) atoms. The van der Waals surface area contributed by atoms with Gasteiger partial charge in [-0.25, -0.2) is 4.79 Å². The van der Waals surface area contributed by atoms with Crippen molar-refractivity contribution in [2.24, 2.45) is 0 Å². The van der Waals surface area contributed by atoms with Crippen LogP contribution in [-0.2, 0) is 9.53 Å². The van der Waals surface area contributed by atoms with Crippen LogP contribution in [0.2, 0.25) is 0 Å². The van der Waals surface area contributed by atoms with Gasteiger partial charge in [0.25, 0.3) is 0 Å². The van der Waals surface area contributed by atoms with E-state index >= 15 is 0 Å². The zero-order valence-electron chi connectivity index (χ0n) is 9.25. The number of methoxy groups -OCH3 is 1. The molecule has 1 unspecified atom stereocenters. The highest BCUT2D eigenvalue weighted by atomic mass is 16.5. The second-order valence-corrected chi connectivity index (χ2v) is 3.38. The zero-order valence-corrected chi connectivity index (χ0v) is 9.25. The van der Waals surface area contributed by atoms with Crippen molar-refractivity contribution in [2.75, 3.05) is 7.11 Å². The third kappa shape index (κ3) is 2.72. The first kappa shape index (κ1) is 11.6. The summed E-state index contributed by atoms with van der Waals surface area (Å²) in [6.45, 7) is 5.72. The van der Waals surface area contributed by atoms with Crippen molar-refractivity contribution in [3.8, 4) is 0 Å². The fourth-order valence-electron chi connectivity index (χ4n) is 1.66. The van der Waals surface area contributed by atoms with Crippen LogP contribution >= 0.6 is 0 Å². The van der Waals surface area contributed by atoms with Crippen molar-refractivity contribution in [3.05, 3.63) is 36.1 Å². The minimum absolute atomic E-state index is 0.218. The Morgan fingerprint density at radius 3 is 3.00 bits per heavy atom. The maximum atomic E-state index is 11.3. The monoisotopic (exact) mass is 207 g/mol. The van der Waals surface area contributed by atoms with E-state index in [0.29, 0.717) is 6.42 Å². The molecule has 0 radical (unpaired) electrons. The van der Waals surface area contributed by atoms with Crippen LogP contribution in [0, 0.1) is 0 Å². The molecule has 0 aromatic heterocycles. The fourth-order valence-corrected chi connectivity index (χ4v) is 1.66. The summed E-state index contributed by atoms with van der Waals surface area (Å²) in [5.41, 5.74) is 2.13. The SMILES string of the molecule is C=C/C=C1/NC(C(=O)OC)C/C1=C/CC. The van der Waals surface area contributed by atoms with E-state index in [4.69, 9.17) is 4.74 Å². The van der Waals surface area contributed by atoms with Gasteiger partial charge >= 0.3 is 5.97 Å². The highest BCUT2D eigenvalue weighted by Crippen LogP contribution is 2.24. The zero-order chi connectivity index (χ0) is 11.3. The van der Waals surface area contributed by atoms with Gasteiger partial charge < -0.3 is 10.1 Å². The number of rotatable bonds is 3. The van der Waals surface area contributed by atoms with Gasteiger partial charge in [0.15, 0.2) is 0 Å². The molecule has 3 nitrogen and oxygen atoms in total. The number of allylic oxidation sites excluding steroid dienone is 4. The number of hydrogen-bond acceptors (Lipinski definition) is 3. The van der Waals surface area contributed by atoms with E-state index in [-0.39, 0.29) is 12.0 Å². The molecule has 1 N–H and O–H groups in total. The van der Waals surface area contributed by atoms with Crippen LogP contribution in [0.15, 0.2) is 36.1 Å². The highest BCUT2D eigenvalue weighted by Gasteiger charge is 2.28. The molecule has 0 aromatic rings. The number of carbonyl (C=O) groups excluding carboxylic acids is 1. The van der Waals surface area contributed by atoms with E-state index in [2.05, 4.69) is 24.9 Å². The lowest BCUT2D eigenvalue weighted by molar-refractivity contribution is -0.142. The van der Waals surface area contributed by atoms with Crippen molar-refractivity contribution in [1.82, 2.24) is 5.32 Å². The van der Waals surface area contributed by atoms with E-state index in [9.17, 15) is 4.79 Å². The summed E-state index contributed by atoms with van der Waals surface area (Å²) in [4.78, 5) is 11.3. The molecule has 1 aliphatic heterocycles. The quantitative estimate of drug-likeness (QED) is 0.719. The van der Waals surface area contributed by atoms with E-state index in [1.165, 1.54) is 7.11 Å². The molecule has 1 saturated heterocycles. The standard InChI is InChI=1S/C12H17NO2/c1-4-6-9-8-11(12(14)15-3)13-10(9)7-5-2/h5-7,11,13H,2,4,8H2,1,3H3/b9-6-,10-7+. The lowest BCUT2D eigenvalue weighted by atomic mass is 10.1. The summed E-state index contributed by atoms with van der Waals surface area (Å²) in [6.07, 6.45) is 7.36. The molecular formula is C12H17NO2. The summed E-state index contributed by atoms with van der Waals surface area (Å²) in [5.74, 6) is -0.218. The van der Waals surface area contributed by atoms with Gasteiger partial charge in [-0.05, 0) is 18.1 Å². The van der Waals surface area contributed by atoms with Gasteiger partial charge in [-0.2, -0.15) is 0 Å². The summed E-state index contributed by atoms with van der Waals surface area (Å²) < 4.78 is 4.71. The minimum Gasteiger partial charge on any atom is -0.467 e. The maximum Gasteiger partial charge on any atom is 0.328 e. The number of esters is 1. The molecule has 0 aliphatic carbocycles. The summed E-state index contributed by atoms with van der Waals surface area (Å²) in [6, 6.07) is -0.251. The van der Waals surface area contributed by atoms with Gasteiger partial charge in [-0.1, -0.05) is 25.7 Å². The highest BCUT2D eigenvalue weighted by molar-refractivity contribution is 5.78. The molecule has 1 heterocycles. The van der Waals surface area contributed by atoms with Crippen molar-refractivity contribution in [1.29, 1.82) is 0 Å². The van der Waals surface area contributed by atoms with Crippen LogP contribution in [-0.4, -0.2) is 19.1 Å². The first-order valence-corrected chi connectivity index (χ1v) is 5.09. The van der Waals surface area contributed by atoms with Gasteiger partial charge in [0.1, 0.15) is 6.04 Å². The second kappa shape index (κ2) is 5.39. The number of hydrogen-bond donors (Lipinski definition) is 1. The molecule has 0 spiro atoms. The molecule has 82 valence electrons. The van der Waals surface area contributed by atoms with Crippen molar-refractivity contribution >= 4 is 5.97 Å². The molecule has 0 amide bonds. The molecular weight excluding hydrogens is 190 g/mol. The van der Waals surface area contributed by atoms with E-state index in [1.54, 1.807) is 6.08 Å². The van der Waals surface area contributed by atoms with Gasteiger partial charge in [-0.15, -0.1) is 0 Å². The molecule has 0 aromatic carbocycles. The molecule has 0 bridgehead atoms. The average Bonchev–Trinajstić information content (AvgIpc) is 2.62. The predicted molar refractivity (Wildman–Crippen MR) is 60.2 cm³/mol. The lowest BCUT2D eigenvalue weighted by Gasteiger charge is -2.06. The van der Waals surface area contributed by atoms with Gasteiger partial charge in [0.05, 0.1) is 7.11 Å². The molecule has 0 saturated carbocycles. The van der Waals surface area contributed by atoms with E-state index in [0.717, 1.165) is 17.7 Å². The summed E-state index contributed by atoms with van der Waals surface area (Å²) >= 11 is 0. The summed E-state index contributed by atoms with van der Waals surface area (Å²) in [7, 11) is 1.41. The Kier molecular flexibility index (Phi) is 4.16. The Hall–Kier alpha value is -1.51. The largest absolute Gasteiger partial charge is 0.467 e. The Morgan fingerprint density at radius 2 is 2.47 bits per heavy atom. The Bertz CT molecular complexity index is 316. The van der Waals surface area contributed by atoms with Crippen LogP contribution in [0.25, 0.3) is 0 Å². The van der Waals surface area contributed by atoms with Crippen LogP contribution in [0.3, 0.4) is 0 Å². The van der Waals surface area contributed by atoms with E-state index in [1.807, 2.05) is 6.08 Å². The fraction of sp³-hybridized carbons (Fsp3) is 0.417. The number of carbonyl (C=O) groups is 1. The van der Waals surface area contributed by atoms with Crippen molar-refractivity contribution < 1.29 is 9.53 Å². The molecule has 1 fully saturated rings. The smallest absolute Gasteiger partial charge is 0.328 e. The maximum absolute atomic E-state index is 11.3. The molecule has 1 aliphatic rings. The van der Waals surface area contributed by atoms with Crippen LogP contribution < -0.4 is 5.32 Å². The topological polar surface area (TPSA) is 38.3 Å². The average molecular weight is 207 g/mol. The minimum atomic E-state index is -0.251. The van der Waals surface area contributed by atoms with Gasteiger partial charge in [-0.3, -0.25) is 0 Å². The van der Waals surface area contributed by atoms with Crippen LogP contribution in [0.5, 0.6) is 0 Å². The lowest BCUT2D eigenvalue weighted by Crippen LogP contribution is -2.30. The van der Waals surface area contributed by atoms with Crippen LogP contribution in [0.1, 0.15) is 19.8 Å². The Morgan fingerprint density at radius 1 is 1.73 bits per heavy atom. The summed E-state index contributed by atoms with van der Waals surface area (Å²) in [5, 5.41) is 3.12. The third-order valence-electron chi connectivity index (χ3n) is 2.32. The predicted octanol–water partition coefficient (Wildman–Crippen LogP) is 1.93. The first-order chi connectivity index (χ1) is 7.22. The molecule has 3 heteroatoms. The van der Waals surface area contributed by atoms with Gasteiger partial charge in [0.2, 0.25) is 0 Å². The third-order valence-corrected chi connectivity index (χ3v) is 2.32. The van der Waals surface area contributed by atoms with Crippen molar-refractivity contribution in [3.63, 3.8) is 0 Å². The Labute approximate surface area is 90.5 Å². The normalized spacial score (nSPS) is 25.3.